The highest BCUT2D eigenvalue weighted by Crippen LogP contribution is 2.45. The third-order valence-electron chi connectivity index (χ3n) is 5.65. The highest BCUT2D eigenvalue weighted by Gasteiger charge is 2.44. The number of benzene rings is 2. The van der Waals surface area contributed by atoms with Gasteiger partial charge in [-0.1, -0.05) is 54.6 Å². The van der Waals surface area contributed by atoms with Crippen LogP contribution in [0.4, 0.5) is 13.2 Å². The van der Waals surface area contributed by atoms with E-state index in [-0.39, 0.29) is 18.8 Å². The van der Waals surface area contributed by atoms with Crippen LogP contribution in [0.3, 0.4) is 0 Å². The second-order valence-corrected chi connectivity index (χ2v) is 8.04. The number of halogens is 3. The first kappa shape index (κ1) is 24.0. The molecule has 0 aliphatic heterocycles. The van der Waals surface area contributed by atoms with Crippen LogP contribution >= 0.6 is 0 Å². The van der Waals surface area contributed by atoms with E-state index in [2.05, 4.69) is 48.3 Å². The van der Waals surface area contributed by atoms with Gasteiger partial charge in [-0.3, -0.25) is 0 Å². The van der Waals surface area contributed by atoms with Gasteiger partial charge in [0.15, 0.2) is 0 Å². The Balaban J connectivity index is 0.00000101. The maximum absolute atomic E-state index is 12.9. The molecular weight excluding hydrogens is 385 g/mol. The van der Waals surface area contributed by atoms with E-state index in [1.165, 1.54) is 18.1 Å². The minimum Gasteiger partial charge on any atom is -0.302 e. The molecule has 2 unspecified atom stereocenters. The summed E-state index contributed by atoms with van der Waals surface area (Å²) in [7, 11) is 2.13. The molecular formula is C25H31F3N2. The zero-order chi connectivity index (χ0) is 22.0. The first-order valence-corrected chi connectivity index (χ1v) is 10.5. The Morgan fingerprint density at radius 2 is 1.63 bits per heavy atom. The van der Waals surface area contributed by atoms with E-state index in [1.54, 1.807) is 6.07 Å². The summed E-state index contributed by atoms with van der Waals surface area (Å²) < 4.78 is 38.6. The Morgan fingerprint density at radius 3 is 2.20 bits per heavy atom. The molecule has 0 amide bonds. The fourth-order valence-corrected chi connectivity index (χ4v) is 4.07. The van der Waals surface area contributed by atoms with Gasteiger partial charge >= 0.3 is 6.18 Å². The van der Waals surface area contributed by atoms with Crippen LogP contribution in [0.25, 0.3) is 0 Å². The standard InChI is InChI=1S/C23H28F3N.C2H3N/c1-27(17-19-6-3-2-4-7-19)15-5-8-18-9-11-20(12-10-18)21-13-14-22(16-21)23(24,25)26;1-2-3/h2-4,6-7,9-12,21-22H,5,8,13-17H2,1H3;1H3. The van der Waals surface area contributed by atoms with Crippen LogP contribution in [0.5, 0.6) is 0 Å². The molecule has 162 valence electrons. The van der Waals surface area contributed by atoms with Crippen molar-refractivity contribution in [1.82, 2.24) is 4.90 Å². The minimum atomic E-state index is -4.04. The molecule has 1 aliphatic rings. The Hall–Kier alpha value is -2.32. The summed E-state index contributed by atoms with van der Waals surface area (Å²) in [5.74, 6) is -1.06. The summed E-state index contributed by atoms with van der Waals surface area (Å²) in [6.07, 6.45) is -0.817. The topological polar surface area (TPSA) is 27.0 Å². The molecule has 0 bridgehead atoms. The Kier molecular flexibility index (Phi) is 9.39. The van der Waals surface area contributed by atoms with Crippen molar-refractivity contribution in [3.05, 3.63) is 71.3 Å². The lowest BCUT2D eigenvalue weighted by Gasteiger charge is -2.17. The molecule has 2 nitrogen and oxygen atoms in total. The van der Waals surface area contributed by atoms with Gasteiger partial charge < -0.3 is 4.90 Å². The largest absolute Gasteiger partial charge is 0.391 e. The molecule has 0 aromatic heterocycles. The second-order valence-electron chi connectivity index (χ2n) is 8.04. The molecule has 3 rings (SSSR count). The fourth-order valence-electron chi connectivity index (χ4n) is 4.07. The van der Waals surface area contributed by atoms with E-state index >= 15 is 0 Å². The van der Waals surface area contributed by atoms with Gasteiger partial charge in [0.05, 0.1) is 12.0 Å². The van der Waals surface area contributed by atoms with Crippen LogP contribution in [0.2, 0.25) is 0 Å². The normalized spacial score (nSPS) is 18.6. The van der Waals surface area contributed by atoms with Crippen molar-refractivity contribution in [2.24, 2.45) is 5.92 Å². The third-order valence-corrected chi connectivity index (χ3v) is 5.65. The molecule has 30 heavy (non-hydrogen) atoms. The molecule has 0 saturated heterocycles. The van der Waals surface area contributed by atoms with E-state index in [0.29, 0.717) is 6.42 Å². The Morgan fingerprint density at radius 1 is 1.00 bits per heavy atom. The summed E-state index contributed by atoms with van der Waals surface area (Å²) in [6, 6.07) is 20.4. The van der Waals surface area contributed by atoms with E-state index < -0.39 is 12.1 Å². The van der Waals surface area contributed by atoms with Crippen LogP contribution in [0.1, 0.15) is 55.2 Å². The van der Waals surface area contributed by atoms with Gasteiger partial charge in [-0.2, -0.15) is 18.4 Å². The van der Waals surface area contributed by atoms with Crippen molar-refractivity contribution in [3.63, 3.8) is 0 Å². The van der Waals surface area contributed by atoms with Crippen LogP contribution in [0.15, 0.2) is 54.6 Å². The van der Waals surface area contributed by atoms with E-state index in [0.717, 1.165) is 31.5 Å². The van der Waals surface area contributed by atoms with Gasteiger partial charge in [-0.25, -0.2) is 0 Å². The predicted octanol–water partition coefficient (Wildman–Crippen LogP) is 6.73. The lowest BCUT2D eigenvalue weighted by Crippen LogP contribution is -2.19. The number of hydrogen-bond acceptors (Lipinski definition) is 2. The molecule has 2 atom stereocenters. The van der Waals surface area contributed by atoms with Gasteiger partial charge in [-0.05, 0) is 68.3 Å². The number of nitrogens with zero attached hydrogens (tertiary/aromatic N) is 2. The molecule has 1 saturated carbocycles. The molecule has 5 heteroatoms. The second kappa shape index (κ2) is 11.8. The lowest BCUT2D eigenvalue weighted by atomic mass is 9.94. The van der Waals surface area contributed by atoms with Crippen molar-refractivity contribution in [2.45, 2.75) is 57.7 Å². The van der Waals surface area contributed by atoms with Crippen LogP contribution in [-0.4, -0.2) is 24.7 Å². The van der Waals surface area contributed by atoms with Crippen LogP contribution < -0.4 is 0 Å². The molecule has 1 aliphatic carbocycles. The molecule has 0 heterocycles. The smallest absolute Gasteiger partial charge is 0.302 e. The number of hydrogen-bond donors (Lipinski definition) is 0. The average Bonchev–Trinajstić information content (AvgIpc) is 3.21. The fraction of sp³-hybridized carbons (Fsp3) is 0.480. The van der Waals surface area contributed by atoms with Crippen LogP contribution in [0, 0.1) is 17.2 Å². The quantitative estimate of drug-likeness (QED) is 0.500. The first-order valence-electron chi connectivity index (χ1n) is 10.5. The van der Waals surface area contributed by atoms with Gasteiger partial charge in [0.25, 0.3) is 0 Å². The van der Waals surface area contributed by atoms with Gasteiger partial charge in [0, 0.05) is 13.5 Å². The SMILES string of the molecule is CC#N.CN(CCCc1ccc(C2CCC(C(F)(F)F)C2)cc1)Cc1ccccc1. The number of rotatable bonds is 7. The highest BCUT2D eigenvalue weighted by molar-refractivity contribution is 5.26. The molecule has 2 aromatic rings. The van der Waals surface area contributed by atoms with Crippen molar-refractivity contribution in [2.75, 3.05) is 13.6 Å². The van der Waals surface area contributed by atoms with E-state index in [9.17, 15) is 13.2 Å². The summed E-state index contributed by atoms with van der Waals surface area (Å²) in [6.45, 7) is 3.40. The van der Waals surface area contributed by atoms with Gasteiger partial charge in [0.2, 0.25) is 0 Å². The van der Waals surface area contributed by atoms with E-state index in [1.807, 2.05) is 18.2 Å². The molecule has 2 aromatic carbocycles. The minimum absolute atomic E-state index is 0.0580. The van der Waals surface area contributed by atoms with Crippen molar-refractivity contribution in [1.29, 1.82) is 5.26 Å². The average molecular weight is 417 g/mol. The summed E-state index contributed by atoms with van der Waals surface area (Å²) in [5, 5.41) is 7.32. The Labute approximate surface area is 178 Å². The van der Waals surface area contributed by atoms with Gasteiger partial charge in [0.1, 0.15) is 0 Å². The molecule has 1 fully saturated rings. The lowest BCUT2D eigenvalue weighted by molar-refractivity contribution is -0.172. The summed E-state index contributed by atoms with van der Waals surface area (Å²) >= 11 is 0. The zero-order valence-corrected chi connectivity index (χ0v) is 17.8. The number of nitriles is 1. The van der Waals surface area contributed by atoms with Crippen molar-refractivity contribution in [3.8, 4) is 6.07 Å². The summed E-state index contributed by atoms with van der Waals surface area (Å²) in [4.78, 5) is 2.32. The maximum atomic E-state index is 12.9. The van der Waals surface area contributed by atoms with Crippen LogP contribution in [-0.2, 0) is 13.0 Å². The van der Waals surface area contributed by atoms with Gasteiger partial charge in [-0.15, -0.1) is 0 Å². The van der Waals surface area contributed by atoms with Crippen molar-refractivity contribution < 1.29 is 13.2 Å². The summed E-state index contributed by atoms with van der Waals surface area (Å²) in [5.41, 5.74) is 3.64. The Bertz CT molecular complexity index is 779. The zero-order valence-electron chi connectivity index (χ0n) is 17.8. The molecule has 0 spiro atoms. The predicted molar refractivity (Wildman–Crippen MR) is 115 cm³/mol. The first-order chi connectivity index (χ1) is 14.3. The molecule has 0 radical (unpaired) electrons. The number of alkyl halides is 3. The van der Waals surface area contributed by atoms with Crippen molar-refractivity contribution >= 4 is 0 Å². The monoisotopic (exact) mass is 416 g/mol. The number of aryl methyl sites for hydroxylation is 1. The molecule has 0 N–H and O–H groups in total. The maximum Gasteiger partial charge on any atom is 0.391 e. The highest BCUT2D eigenvalue weighted by atomic mass is 19.4. The van der Waals surface area contributed by atoms with E-state index in [4.69, 9.17) is 5.26 Å². The third kappa shape index (κ3) is 7.84.